The van der Waals surface area contributed by atoms with Crippen molar-refractivity contribution >= 4 is 22.6 Å². The first-order chi connectivity index (χ1) is 15.2. The van der Waals surface area contributed by atoms with Gasteiger partial charge in [-0.05, 0) is 37.3 Å². The zero-order chi connectivity index (χ0) is 21.6. The smallest absolute Gasteiger partial charge is 0.545 e. The van der Waals surface area contributed by atoms with E-state index >= 15 is 0 Å². The van der Waals surface area contributed by atoms with E-state index < -0.39 is 5.97 Å². The van der Waals surface area contributed by atoms with E-state index in [-0.39, 0.29) is 35.1 Å². The van der Waals surface area contributed by atoms with Gasteiger partial charge < -0.3 is 24.0 Å². The number of para-hydroxylation sites is 2. The molecular weight excluding hydrogens is 415 g/mol. The van der Waals surface area contributed by atoms with Crippen molar-refractivity contribution < 1.29 is 49.0 Å². The van der Waals surface area contributed by atoms with E-state index in [2.05, 4.69) is 5.16 Å². The maximum atomic E-state index is 11.6. The van der Waals surface area contributed by atoms with Crippen LogP contribution in [0.2, 0.25) is 0 Å². The van der Waals surface area contributed by atoms with Gasteiger partial charge in [0.2, 0.25) is 0 Å². The molecule has 0 saturated carbocycles. The number of oxime groups is 1. The number of fused-ring (bicyclic) bond motifs is 1. The van der Waals surface area contributed by atoms with Gasteiger partial charge in [0, 0.05) is 28.2 Å². The second-order valence-electron chi connectivity index (χ2n) is 6.87. The number of carboxylic acids is 1. The van der Waals surface area contributed by atoms with E-state index in [4.69, 9.17) is 9.57 Å². The van der Waals surface area contributed by atoms with Crippen LogP contribution in [0, 0.1) is 0 Å². The number of carbonyl (C=O) groups excluding carboxylic acids is 1. The predicted octanol–water partition coefficient (Wildman–Crippen LogP) is 1.24. The molecule has 0 bridgehead atoms. The van der Waals surface area contributed by atoms with E-state index in [9.17, 15) is 9.90 Å². The van der Waals surface area contributed by atoms with Crippen molar-refractivity contribution in [1.82, 2.24) is 4.57 Å². The van der Waals surface area contributed by atoms with Crippen molar-refractivity contribution in [3.8, 4) is 11.5 Å². The van der Waals surface area contributed by atoms with Crippen LogP contribution >= 0.6 is 0 Å². The fourth-order valence-electron chi connectivity index (χ4n) is 3.38. The molecule has 1 heterocycles. The number of aromatic carboxylic acids is 1. The number of nitrogens with zero attached hydrogens (tertiary/aromatic N) is 2. The third-order valence-electron chi connectivity index (χ3n) is 4.78. The van der Waals surface area contributed by atoms with Gasteiger partial charge in [-0.25, -0.2) is 0 Å². The van der Waals surface area contributed by atoms with E-state index in [0.717, 1.165) is 16.8 Å². The quantitative estimate of drug-likeness (QED) is 0.237. The number of carboxylic acid groups (broad SMARTS) is 1. The van der Waals surface area contributed by atoms with Crippen LogP contribution in [0.15, 0.2) is 90.2 Å². The molecule has 0 N–H and O–H groups in total. The van der Waals surface area contributed by atoms with Gasteiger partial charge in [0.05, 0.1) is 12.5 Å². The predicted molar refractivity (Wildman–Crippen MR) is 117 cm³/mol. The fourth-order valence-corrected chi connectivity index (χ4v) is 3.38. The Morgan fingerprint density at radius 1 is 0.969 bits per heavy atom. The van der Waals surface area contributed by atoms with Crippen molar-refractivity contribution in [3.63, 3.8) is 0 Å². The summed E-state index contributed by atoms with van der Waals surface area (Å²) >= 11 is 0. The molecule has 1 aromatic heterocycles. The molecule has 0 unspecified atom stereocenters. The molecule has 0 aliphatic carbocycles. The monoisotopic (exact) mass is 436 g/mol. The first-order valence-corrected chi connectivity index (χ1v) is 9.97. The third-order valence-corrected chi connectivity index (χ3v) is 4.78. The minimum Gasteiger partial charge on any atom is -0.545 e. The Morgan fingerprint density at radius 3 is 2.44 bits per heavy atom. The normalized spacial score (nSPS) is 11.1. The van der Waals surface area contributed by atoms with Crippen LogP contribution in [-0.4, -0.2) is 22.9 Å². The van der Waals surface area contributed by atoms with Gasteiger partial charge in [0.25, 0.3) is 0 Å². The summed E-state index contributed by atoms with van der Waals surface area (Å²) in [7, 11) is 0. The minimum absolute atomic E-state index is 0. The minimum atomic E-state index is -1.21. The van der Waals surface area contributed by atoms with Crippen molar-refractivity contribution in [2.24, 2.45) is 5.16 Å². The number of benzene rings is 3. The first kappa shape index (κ1) is 23.6. The largest absolute Gasteiger partial charge is 1.00 e. The van der Waals surface area contributed by atoms with Crippen LogP contribution in [0.3, 0.4) is 0 Å². The summed E-state index contributed by atoms with van der Waals surface area (Å²) < 4.78 is 7.78. The molecule has 7 heteroatoms. The second kappa shape index (κ2) is 11.0. The molecule has 4 aromatic rings. The average molecular weight is 436 g/mol. The molecule has 3 aromatic carbocycles. The van der Waals surface area contributed by atoms with Gasteiger partial charge in [-0.15, -0.1) is 0 Å². The van der Waals surface area contributed by atoms with Gasteiger partial charge in [-0.2, -0.15) is 0 Å². The summed E-state index contributed by atoms with van der Waals surface area (Å²) in [4.78, 5) is 16.9. The van der Waals surface area contributed by atoms with Crippen molar-refractivity contribution in [2.75, 3.05) is 6.61 Å². The van der Waals surface area contributed by atoms with Crippen LogP contribution in [0.1, 0.15) is 22.8 Å². The van der Waals surface area contributed by atoms with Gasteiger partial charge in [0.15, 0.2) is 0 Å². The van der Waals surface area contributed by atoms with Crippen LogP contribution in [0.25, 0.3) is 10.9 Å². The summed E-state index contributed by atoms with van der Waals surface area (Å²) in [6.07, 6.45) is 1.58. The molecule has 0 atom stereocenters. The zero-order valence-electron chi connectivity index (χ0n) is 18.0. The Morgan fingerprint density at radius 2 is 1.69 bits per heavy atom. The summed E-state index contributed by atoms with van der Waals surface area (Å²) in [6, 6.07) is 24.4. The van der Waals surface area contributed by atoms with Crippen LogP contribution in [-0.2, 0) is 11.4 Å². The molecule has 0 aliphatic heterocycles. The number of carbonyl (C=O) groups is 1. The van der Waals surface area contributed by atoms with Crippen LogP contribution in [0.5, 0.6) is 11.5 Å². The summed E-state index contributed by atoms with van der Waals surface area (Å²) in [6.45, 7) is 2.60. The van der Waals surface area contributed by atoms with E-state index in [1.54, 1.807) is 18.3 Å². The van der Waals surface area contributed by atoms with E-state index in [1.807, 2.05) is 78.2 Å². The maximum Gasteiger partial charge on any atom is 1.00 e. The molecular formula is C25H21N2NaO4. The standard InChI is InChI=1S/C25H22N2O4.Na/c1-2-30-26-23(17-27-16-22(25(28)29)21-13-6-7-14-24(21)27)18-9-8-12-20(15-18)31-19-10-4-3-5-11-19;/h3-16H,2,17H2,1H3,(H,28,29);/q;+1/p-1/b26-23+;. The summed E-state index contributed by atoms with van der Waals surface area (Å²) in [5.41, 5.74) is 2.38. The zero-order valence-corrected chi connectivity index (χ0v) is 20.0. The van der Waals surface area contributed by atoms with E-state index in [1.165, 1.54) is 0 Å². The van der Waals surface area contributed by atoms with Gasteiger partial charge in [-0.1, -0.05) is 53.7 Å². The molecule has 0 spiro atoms. The Hall–Kier alpha value is -3.06. The second-order valence-corrected chi connectivity index (χ2v) is 6.87. The summed E-state index contributed by atoms with van der Waals surface area (Å²) in [5, 5.41) is 16.5. The third kappa shape index (κ3) is 5.40. The Bertz CT molecular complexity index is 1240. The molecule has 0 aliphatic rings. The van der Waals surface area contributed by atoms with Crippen LogP contribution in [0.4, 0.5) is 0 Å². The molecule has 0 saturated heterocycles. The molecule has 0 amide bonds. The Balaban J connectivity index is 0.00000289. The van der Waals surface area contributed by atoms with E-state index in [0.29, 0.717) is 30.0 Å². The van der Waals surface area contributed by atoms with Gasteiger partial charge in [-0.3, -0.25) is 0 Å². The summed E-state index contributed by atoms with van der Waals surface area (Å²) in [5.74, 6) is 0.190. The number of rotatable bonds is 8. The van der Waals surface area contributed by atoms with Crippen LogP contribution < -0.4 is 39.4 Å². The van der Waals surface area contributed by atoms with Gasteiger partial charge in [0.1, 0.15) is 23.8 Å². The van der Waals surface area contributed by atoms with Crippen molar-refractivity contribution in [3.05, 3.63) is 96.2 Å². The average Bonchev–Trinajstić information content (AvgIpc) is 3.16. The molecule has 4 rings (SSSR count). The topological polar surface area (TPSA) is 75.9 Å². The molecule has 6 nitrogen and oxygen atoms in total. The maximum absolute atomic E-state index is 11.6. The molecule has 0 fully saturated rings. The number of ether oxygens (including phenoxy) is 1. The fraction of sp³-hybridized carbons (Fsp3) is 0.120. The Labute approximate surface area is 208 Å². The van der Waals surface area contributed by atoms with Crippen molar-refractivity contribution in [2.45, 2.75) is 13.5 Å². The Kier molecular flexibility index (Phi) is 8.11. The first-order valence-electron chi connectivity index (χ1n) is 9.97. The number of hydrogen-bond acceptors (Lipinski definition) is 5. The number of aromatic nitrogens is 1. The van der Waals surface area contributed by atoms with Gasteiger partial charge >= 0.3 is 29.6 Å². The number of hydrogen-bond donors (Lipinski definition) is 0. The SMILES string of the molecule is CCO/N=C(\Cn1cc(C(=O)[O-])c2ccccc21)c1cccc(Oc2ccccc2)c1.[Na+]. The molecule has 32 heavy (non-hydrogen) atoms. The van der Waals surface area contributed by atoms with Crippen molar-refractivity contribution in [1.29, 1.82) is 0 Å². The molecule has 0 radical (unpaired) electrons. The molecule has 156 valence electrons.